The number of nitrogens with zero attached hydrogens (tertiary/aromatic N) is 3. The number of anilines is 2. The van der Waals surface area contributed by atoms with Gasteiger partial charge in [-0.1, -0.05) is 68.4 Å². The molecule has 2 aliphatic heterocycles. The number of likely N-dealkylation sites (N-methyl/N-ethyl adjacent to an activating group) is 1. The highest BCUT2D eigenvalue weighted by molar-refractivity contribution is 6.24. The lowest BCUT2D eigenvalue weighted by molar-refractivity contribution is 0.0953. The monoisotopic (exact) mass is 500 g/mol. The lowest BCUT2D eigenvalue weighted by atomic mass is 9.84. The molecule has 2 heterocycles. The maximum absolute atomic E-state index is 13.1. The van der Waals surface area contributed by atoms with E-state index in [1.165, 1.54) is 11.3 Å². The van der Waals surface area contributed by atoms with Crippen LogP contribution in [0.4, 0.5) is 11.4 Å². The molecule has 4 aromatic rings. The van der Waals surface area contributed by atoms with E-state index in [1.54, 1.807) is 23.2 Å². The van der Waals surface area contributed by atoms with Gasteiger partial charge in [-0.15, -0.1) is 0 Å². The summed E-state index contributed by atoms with van der Waals surface area (Å²) < 4.78 is 0. The minimum absolute atomic E-state index is 0.00116. The summed E-state index contributed by atoms with van der Waals surface area (Å²) in [6.07, 6.45) is 3.57. The third kappa shape index (κ3) is 3.77. The fraction of sp³-hybridized carbons (Fsp3) is 0.156. The third-order valence-electron chi connectivity index (χ3n) is 7.62. The average molecular weight is 501 g/mol. The zero-order valence-corrected chi connectivity index (χ0v) is 21.6. The van der Waals surface area contributed by atoms with Crippen LogP contribution in [0.2, 0.25) is 0 Å². The number of carbonyl (C=O) groups is 2. The van der Waals surface area contributed by atoms with E-state index in [0.29, 0.717) is 12.1 Å². The van der Waals surface area contributed by atoms with Gasteiger partial charge in [0, 0.05) is 46.6 Å². The van der Waals surface area contributed by atoms with Crippen LogP contribution in [0.3, 0.4) is 0 Å². The predicted molar refractivity (Wildman–Crippen MR) is 153 cm³/mol. The van der Waals surface area contributed by atoms with Crippen molar-refractivity contribution >= 4 is 40.2 Å². The normalized spacial score (nSPS) is 16.6. The molecule has 2 amide bonds. The molecule has 0 aromatic heterocycles. The van der Waals surface area contributed by atoms with Crippen LogP contribution in [0.15, 0.2) is 102 Å². The Hall–Kier alpha value is -4.71. The number of amides is 2. The van der Waals surface area contributed by atoms with Crippen molar-refractivity contribution in [2.75, 3.05) is 16.8 Å². The quantitative estimate of drug-likeness (QED) is 0.269. The molecule has 0 aliphatic carbocycles. The molecule has 0 saturated heterocycles. The van der Waals surface area contributed by atoms with E-state index in [-0.39, 0.29) is 17.2 Å². The van der Waals surface area contributed by atoms with Gasteiger partial charge < -0.3 is 9.80 Å². The topological polar surface area (TPSA) is 65.0 Å². The summed E-state index contributed by atoms with van der Waals surface area (Å²) in [5.74, 6) is -0.288. The molecule has 6 nitrogen and oxygen atoms in total. The first-order valence-electron chi connectivity index (χ1n) is 12.7. The second kappa shape index (κ2) is 8.99. The molecule has 1 N–H and O–H groups in total. The molecular formula is C32H28N4O2. The Labute approximate surface area is 221 Å². The lowest BCUT2D eigenvalue weighted by Crippen LogP contribution is -2.26. The van der Waals surface area contributed by atoms with Gasteiger partial charge in [-0.2, -0.15) is 5.10 Å². The Kier molecular flexibility index (Phi) is 5.60. The standard InChI is InChI=1S/C32H28N4O2/c1-32(2)25-11-4-5-12-26(25)35(3)28(32)18-19-33-34-30(37)23-16-14-21(15-17-23)20-36-27-13-7-9-22-8-6-10-24(29(22)27)31(36)38/h4-19H,20H2,1-3H3,(H,34,37)/b28-18+,33-19+. The molecular weight excluding hydrogens is 472 g/mol. The summed E-state index contributed by atoms with van der Waals surface area (Å²) in [4.78, 5) is 29.7. The molecule has 0 bridgehead atoms. The molecule has 188 valence electrons. The van der Waals surface area contributed by atoms with E-state index >= 15 is 0 Å². The number of nitrogens with one attached hydrogen (secondary N) is 1. The van der Waals surface area contributed by atoms with Gasteiger partial charge in [0.25, 0.3) is 11.8 Å². The number of para-hydroxylation sites is 1. The van der Waals surface area contributed by atoms with Crippen LogP contribution in [-0.4, -0.2) is 25.1 Å². The molecule has 0 radical (unpaired) electrons. The Bertz CT molecular complexity index is 1640. The Morgan fingerprint density at radius 1 is 0.921 bits per heavy atom. The molecule has 4 aromatic carbocycles. The number of benzene rings is 4. The minimum Gasteiger partial charge on any atom is -0.347 e. The largest absolute Gasteiger partial charge is 0.347 e. The predicted octanol–water partition coefficient (Wildman–Crippen LogP) is 6.03. The van der Waals surface area contributed by atoms with Gasteiger partial charge in [-0.05, 0) is 52.9 Å². The number of hydrogen-bond acceptors (Lipinski definition) is 4. The van der Waals surface area contributed by atoms with Crippen molar-refractivity contribution in [2.24, 2.45) is 5.10 Å². The van der Waals surface area contributed by atoms with Crippen LogP contribution < -0.4 is 15.2 Å². The van der Waals surface area contributed by atoms with Crippen LogP contribution in [0.25, 0.3) is 10.8 Å². The Balaban J connectivity index is 1.12. The van der Waals surface area contributed by atoms with Crippen LogP contribution in [0.5, 0.6) is 0 Å². The highest BCUT2D eigenvalue weighted by Gasteiger charge is 2.37. The van der Waals surface area contributed by atoms with E-state index in [0.717, 1.165) is 33.3 Å². The van der Waals surface area contributed by atoms with Crippen molar-refractivity contribution in [1.29, 1.82) is 0 Å². The second-order valence-corrected chi connectivity index (χ2v) is 10.2. The first-order chi connectivity index (χ1) is 18.4. The molecule has 38 heavy (non-hydrogen) atoms. The van der Waals surface area contributed by atoms with Gasteiger partial charge in [0.15, 0.2) is 0 Å². The fourth-order valence-electron chi connectivity index (χ4n) is 5.65. The zero-order chi connectivity index (χ0) is 26.4. The van der Waals surface area contributed by atoms with E-state index in [2.05, 4.69) is 47.5 Å². The SMILES string of the molecule is CN1/C(=C/C=N/NC(=O)c2ccc(CN3C(=O)c4cccc5cccc3c45)cc2)C(C)(C)c2ccccc21. The fourth-order valence-corrected chi connectivity index (χ4v) is 5.65. The molecule has 0 saturated carbocycles. The van der Waals surface area contributed by atoms with Gasteiger partial charge in [-0.25, -0.2) is 5.43 Å². The summed E-state index contributed by atoms with van der Waals surface area (Å²) >= 11 is 0. The van der Waals surface area contributed by atoms with Gasteiger partial charge in [0.1, 0.15) is 0 Å². The zero-order valence-electron chi connectivity index (χ0n) is 21.6. The highest BCUT2D eigenvalue weighted by atomic mass is 16.2. The number of allylic oxidation sites excluding steroid dienone is 2. The van der Waals surface area contributed by atoms with Gasteiger partial charge in [0.2, 0.25) is 0 Å². The van der Waals surface area contributed by atoms with Crippen molar-refractivity contribution in [3.8, 4) is 0 Å². The van der Waals surface area contributed by atoms with E-state index in [4.69, 9.17) is 0 Å². The Morgan fingerprint density at radius 3 is 2.39 bits per heavy atom. The summed E-state index contributed by atoms with van der Waals surface area (Å²) in [5, 5.41) is 6.22. The smallest absolute Gasteiger partial charge is 0.271 e. The lowest BCUT2D eigenvalue weighted by Gasteiger charge is -2.23. The summed E-state index contributed by atoms with van der Waals surface area (Å²) in [7, 11) is 2.04. The van der Waals surface area contributed by atoms with Crippen LogP contribution in [-0.2, 0) is 12.0 Å². The van der Waals surface area contributed by atoms with Crippen molar-refractivity contribution in [2.45, 2.75) is 25.8 Å². The van der Waals surface area contributed by atoms with Crippen molar-refractivity contribution in [3.05, 3.63) is 119 Å². The molecule has 2 aliphatic rings. The molecule has 6 heteroatoms. The maximum atomic E-state index is 13.1. The first kappa shape index (κ1) is 23.7. The van der Waals surface area contributed by atoms with Crippen LogP contribution in [0, 0.1) is 0 Å². The average Bonchev–Trinajstić information content (AvgIpc) is 3.31. The van der Waals surface area contributed by atoms with Crippen LogP contribution >= 0.6 is 0 Å². The molecule has 6 rings (SSSR count). The summed E-state index contributed by atoms with van der Waals surface area (Å²) in [6, 6.07) is 27.4. The van der Waals surface area contributed by atoms with Crippen molar-refractivity contribution < 1.29 is 9.59 Å². The second-order valence-electron chi connectivity index (χ2n) is 10.2. The molecule has 0 spiro atoms. The summed E-state index contributed by atoms with van der Waals surface area (Å²) in [6.45, 7) is 4.81. The maximum Gasteiger partial charge on any atom is 0.271 e. The summed E-state index contributed by atoms with van der Waals surface area (Å²) in [5.41, 5.74) is 9.12. The van der Waals surface area contributed by atoms with Gasteiger partial charge in [-0.3, -0.25) is 9.59 Å². The van der Waals surface area contributed by atoms with E-state index < -0.39 is 0 Å². The minimum atomic E-state index is -0.289. The van der Waals surface area contributed by atoms with Crippen molar-refractivity contribution in [1.82, 2.24) is 5.43 Å². The third-order valence-corrected chi connectivity index (χ3v) is 7.62. The number of fused-ring (bicyclic) bond motifs is 1. The van der Waals surface area contributed by atoms with E-state index in [1.807, 2.05) is 67.7 Å². The number of hydrazone groups is 1. The van der Waals surface area contributed by atoms with Gasteiger partial charge in [0.05, 0.1) is 12.2 Å². The number of hydrogen-bond donors (Lipinski definition) is 1. The number of rotatable bonds is 5. The van der Waals surface area contributed by atoms with Crippen molar-refractivity contribution in [3.63, 3.8) is 0 Å². The van der Waals surface area contributed by atoms with Gasteiger partial charge >= 0.3 is 0 Å². The van der Waals surface area contributed by atoms with E-state index in [9.17, 15) is 9.59 Å². The molecule has 0 atom stereocenters. The highest BCUT2D eigenvalue weighted by Crippen LogP contribution is 2.46. The first-order valence-corrected chi connectivity index (χ1v) is 12.7. The molecule has 0 unspecified atom stereocenters. The Morgan fingerprint density at radius 2 is 1.63 bits per heavy atom. The molecule has 0 fully saturated rings. The van der Waals surface area contributed by atoms with Crippen LogP contribution in [0.1, 0.15) is 45.7 Å². The number of carbonyl (C=O) groups excluding carboxylic acids is 2.